The summed E-state index contributed by atoms with van der Waals surface area (Å²) in [6.07, 6.45) is 3.68. The van der Waals surface area contributed by atoms with Crippen LogP contribution < -0.4 is 9.47 Å². The first-order valence-electron chi connectivity index (χ1n) is 9.36. The predicted molar refractivity (Wildman–Crippen MR) is 113 cm³/mol. The van der Waals surface area contributed by atoms with Crippen LogP contribution >= 0.6 is 0 Å². The van der Waals surface area contributed by atoms with Crippen molar-refractivity contribution in [3.8, 4) is 11.5 Å². The van der Waals surface area contributed by atoms with Gasteiger partial charge in [0.15, 0.2) is 9.84 Å². The van der Waals surface area contributed by atoms with Crippen LogP contribution in [0.4, 0.5) is 0 Å². The molecule has 0 N–H and O–H groups in total. The van der Waals surface area contributed by atoms with E-state index in [2.05, 4.69) is 0 Å². The van der Waals surface area contributed by atoms with E-state index in [1.165, 1.54) is 6.08 Å². The Morgan fingerprint density at radius 1 is 1.03 bits per heavy atom. The van der Waals surface area contributed by atoms with Crippen LogP contribution in [0.1, 0.15) is 17.5 Å². The van der Waals surface area contributed by atoms with Crippen LogP contribution in [0.2, 0.25) is 0 Å². The number of carbonyl (C=O) groups is 1. The molecule has 3 rings (SSSR count). The maximum atomic E-state index is 13.0. The van der Waals surface area contributed by atoms with Gasteiger partial charge in [0.1, 0.15) is 11.5 Å². The highest BCUT2D eigenvalue weighted by molar-refractivity contribution is 7.91. The highest BCUT2D eigenvalue weighted by atomic mass is 32.2. The van der Waals surface area contributed by atoms with Crippen molar-refractivity contribution in [2.75, 3.05) is 25.7 Å². The van der Waals surface area contributed by atoms with E-state index in [1.807, 2.05) is 48.5 Å². The van der Waals surface area contributed by atoms with E-state index >= 15 is 0 Å². The van der Waals surface area contributed by atoms with Crippen LogP contribution in [0.5, 0.6) is 11.5 Å². The second-order valence-corrected chi connectivity index (χ2v) is 9.21. The van der Waals surface area contributed by atoms with Crippen LogP contribution in [-0.4, -0.2) is 51.0 Å². The maximum absolute atomic E-state index is 13.0. The lowest BCUT2D eigenvalue weighted by Crippen LogP contribution is -2.39. The first-order chi connectivity index (χ1) is 13.9. The van der Waals surface area contributed by atoms with Gasteiger partial charge in [0, 0.05) is 18.7 Å². The molecule has 0 bridgehead atoms. The van der Waals surface area contributed by atoms with E-state index in [1.54, 1.807) is 25.2 Å². The molecule has 7 heteroatoms. The molecule has 0 radical (unpaired) electrons. The zero-order valence-electron chi connectivity index (χ0n) is 16.6. The van der Waals surface area contributed by atoms with Gasteiger partial charge in [-0.3, -0.25) is 4.79 Å². The average molecular weight is 416 g/mol. The quantitative estimate of drug-likeness (QED) is 0.650. The molecule has 1 amide bonds. The van der Waals surface area contributed by atoms with Crippen molar-refractivity contribution < 1.29 is 22.7 Å². The van der Waals surface area contributed by atoms with E-state index < -0.39 is 9.84 Å². The largest absolute Gasteiger partial charge is 0.497 e. The van der Waals surface area contributed by atoms with E-state index in [-0.39, 0.29) is 23.5 Å². The van der Waals surface area contributed by atoms with Gasteiger partial charge in [-0.2, -0.15) is 0 Å². The van der Waals surface area contributed by atoms with Crippen LogP contribution in [0.25, 0.3) is 6.08 Å². The minimum absolute atomic E-state index is 0.00523. The fourth-order valence-electron chi connectivity index (χ4n) is 3.31. The molecule has 1 aliphatic rings. The number of nitrogens with zero attached hydrogens (tertiary/aromatic N) is 1. The van der Waals surface area contributed by atoms with Crippen LogP contribution in [0, 0.1) is 0 Å². The zero-order valence-corrected chi connectivity index (χ0v) is 17.4. The van der Waals surface area contributed by atoms with Gasteiger partial charge in [0.05, 0.1) is 25.7 Å². The lowest BCUT2D eigenvalue weighted by atomic mass is 10.1. The van der Waals surface area contributed by atoms with Gasteiger partial charge in [0.25, 0.3) is 0 Å². The van der Waals surface area contributed by atoms with Gasteiger partial charge >= 0.3 is 0 Å². The second-order valence-electron chi connectivity index (χ2n) is 6.98. The molecule has 1 atom stereocenters. The molecule has 1 aliphatic heterocycles. The number of hydrogen-bond acceptors (Lipinski definition) is 5. The molecule has 1 heterocycles. The van der Waals surface area contributed by atoms with E-state index in [0.717, 1.165) is 22.6 Å². The number of rotatable bonds is 7. The third kappa shape index (κ3) is 5.60. The molecular formula is C22H25NO5S. The Hall–Kier alpha value is -2.80. The summed E-state index contributed by atoms with van der Waals surface area (Å²) in [7, 11) is 0.0901. The van der Waals surface area contributed by atoms with Crippen molar-refractivity contribution in [1.29, 1.82) is 0 Å². The van der Waals surface area contributed by atoms with Crippen molar-refractivity contribution in [2.45, 2.75) is 19.0 Å². The third-order valence-electron chi connectivity index (χ3n) is 4.98. The second kappa shape index (κ2) is 9.13. The summed E-state index contributed by atoms with van der Waals surface area (Å²) >= 11 is 0. The maximum Gasteiger partial charge on any atom is 0.247 e. The molecule has 0 saturated carbocycles. The molecule has 0 spiro atoms. The Bertz CT molecular complexity index is 965. The number of benzene rings is 2. The summed E-state index contributed by atoms with van der Waals surface area (Å²) in [6.45, 7) is 0.343. The molecule has 1 saturated heterocycles. The topological polar surface area (TPSA) is 72.9 Å². The highest BCUT2D eigenvalue weighted by Gasteiger charge is 2.34. The highest BCUT2D eigenvalue weighted by Crippen LogP contribution is 2.22. The fourth-order valence-corrected chi connectivity index (χ4v) is 5.04. The predicted octanol–water partition coefficient (Wildman–Crippen LogP) is 2.93. The summed E-state index contributed by atoms with van der Waals surface area (Å²) in [6, 6.07) is 14.5. The van der Waals surface area contributed by atoms with Crippen molar-refractivity contribution in [3.05, 3.63) is 65.7 Å². The first kappa shape index (κ1) is 20.9. The van der Waals surface area contributed by atoms with Gasteiger partial charge < -0.3 is 14.4 Å². The first-order valence-corrected chi connectivity index (χ1v) is 11.2. The molecule has 0 aromatic heterocycles. The number of methoxy groups -OCH3 is 2. The van der Waals surface area contributed by atoms with E-state index in [0.29, 0.717) is 13.0 Å². The zero-order chi connectivity index (χ0) is 20.9. The molecule has 2 aromatic rings. The number of carbonyl (C=O) groups excluding carboxylic acids is 1. The lowest BCUT2D eigenvalue weighted by Gasteiger charge is -2.27. The van der Waals surface area contributed by atoms with Gasteiger partial charge in [0.2, 0.25) is 5.91 Å². The number of ether oxygens (including phenoxy) is 2. The molecule has 2 aromatic carbocycles. The van der Waals surface area contributed by atoms with Crippen molar-refractivity contribution >= 4 is 21.8 Å². The Labute approximate surface area is 171 Å². The minimum atomic E-state index is -3.10. The van der Waals surface area contributed by atoms with Crippen LogP contribution in [-0.2, 0) is 21.2 Å². The molecule has 0 aliphatic carbocycles. The minimum Gasteiger partial charge on any atom is -0.497 e. The van der Waals surface area contributed by atoms with Crippen molar-refractivity contribution in [3.63, 3.8) is 0 Å². The van der Waals surface area contributed by atoms with Gasteiger partial charge in [-0.1, -0.05) is 24.3 Å². The third-order valence-corrected chi connectivity index (χ3v) is 6.73. The Morgan fingerprint density at radius 2 is 1.62 bits per heavy atom. The smallest absolute Gasteiger partial charge is 0.247 e. The monoisotopic (exact) mass is 415 g/mol. The van der Waals surface area contributed by atoms with Gasteiger partial charge in [-0.25, -0.2) is 8.42 Å². The van der Waals surface area contributed by atoms with Gasteiger partial charge in [-0.15, -0.1) is 0 Å². The number of sulfone groups is 1. The number of hydrogen-bond donors (Lipinski definition) is 0. The normalized spacial score (nSPS) is 17.9. The standard InChI is InChI=1S/C22H25NO5S/c1-27-20-8-3-17(4-9-20)7-12-22(24)23(19-13-14-29(25,26)16-19)15-18-5-10-21(28-2)11-6-18/h3-12,19H,13-16H2,1-2H3/b12-7+/t19-/m1/s1. The number of amides is 1. The van der Waals surface area contributed by atoms with Crippen LogP contribution in [0.3, 0.4) is 0 Å². The van der Waals surface area contributed by atoms with Crippen LogP contribution in [0.15, 0.2) is 54.6 Å². The summed E-state index contributed by atoms with van der Waals surface area (Å²) < 4.78 is 34.2. The van der Waals surface area contributed by atoms with Crippen molar-refractivity contribution in [2.24, 2.45) is 0 Å². The lowest BCUT2D eigenvalue weighted by molar-refractivity contribution is -0.128. The summed E-state index contributed by atoms with van der Waals surface area (Å²) in [4.78, 5) is 14.6. The van der Waals surface area contributed by atoms with E-state index in [4.69, 9.17) is 9.47 Å². The molecule has 0 unspecified atom stereocenters. The molecule has 154 valence electrons. The average Bonchev–Trinajstić information content (AvgIpc) is 3.10. The molecule has 1 fully saturated rings. The molecule has 6 nitrogen and oxygen atoms in total. The van der Waals surface area contributed by atoms with Gasteiger partial charge in [-0.05, 0) is 47.9 Å². The van der Waals surface area contributed by atoms with E-state index in [9.17, 15) is 13.2 Å². The fraction of sp³-hybridized carbons (Fsp3) is 0.318. The Kier molecular flexibility index (Phi) is 6.59. The SMILES string of the molecule is COc1ccc(/C=C/C(=O)N(Cc2ccc(OC)cc2)[C@@H]2CCS(=O)(=O)C2)cc1. The Morgan fingerprint density at radius 3 is 2.14 bits per heavy atom. The summed E-state index contributed by atoms with van der Waals surface area (Å²) in [5.41, 5.74) is 1.78. The molecule has 29 heavy (non-hydrogen) atoms. The summed E-state index contributed by atoms with van der Waals surface area (Å²) in [5, 5.41) is 0. The van der Waals surface area contributed by atoms with Crippen molar-refractivity contribution in [1.82, 2.24) is 4.90 Å². The molecular weight excluding hydrogens is 390 g/mol. The Balaban J connectivity index is 1.78. The summed E-state index contributed by atoms with van der Waals surface area (Å²) in [5.74, 6) is 1.39.